The molecule has 0 bridgehead atoms. The third kappa shape index (κ3) is 4.01. The minimum Gasteiger partial charge on any atom is -0.130 e. The molecule has 0 aliphatic carbocycles. The van der Waals surface area contributed by atoms with E-state index in [2.05, 4.69) is 84.9 Å². The summed E-state index contributed by atoms with van der Waals surface area (Å²) in [5, 5.41) is 5.61. The van der Waals surface area contributed by atoms with Crippen LogP contribution in [0, 0.1) is 0 Å². The summed E-state index contributed by atoms with van der Waals surface area (Å²) in [6.07, 6.45) is 0. The van der Waals surface area contributed by atoms with Crippen molar-refractivity contribution in [1.29, 1.82) is 0 Å². The van der Waals surface area contributed by atoms with E-state index in [1.54, 1.807) is 0 Å². The van der Waals surface area contributed by atoms with Crippen LogP contribution in [0.4, 0.5) is 0 Å². The molecule has 0 N–H and O–H groups in total. The molecule has 3 aromatic rings. The number of benzene rings is 3. The average molecular weight is 387 g/mol. The fraction of sp³-hybridized carbons (Fsp3) is 0.100. The number of alkyl halides is 2. The summed E-state index contributed by atoms with van der Waals surface area (Å²) in [4.78, 5) is 0. The van der Waals surface area contributed by atoms with E-state index in [9.17, 15) is 0 Å². The summed E-state index contributed by atoms with van der Waals surface area (Å²) in [7, 11) is -2.72. The van der Waals surface area contributed by atoms with Gasteiger partial charge in [-0.1, -0.05) is 106 Å². The van der Waals surface area contributed by atoms with Crippen molar-refractivity contribution in [3.8, 4) is 0 Å². The smallest absolute Gasteiger partial charge is 0.117 e. The van der Waals surface area contributed by atoms with Gasteiger partial charge in [0.1, 0.15) is 17.6 Å². The Kier molecular flexibility index (Phi) is 6.33. The van der Waals surface area contributed by atoms with Gasteiger partial charge in [-0.05, 0) is 0 Å². The van der Waals surface area contributed by atoms with Crippen LogP contribution in [0.1, 0.15) is 0 Å². The molecule has 4 heteroatoms. The van der Waals surface area contributed by atoms with Gasteiger partial charge in [0.15, 0.2) is 0 Å². The predicted octanol–water partition coefficient (Wildman–Crippen LogP) is 1.93. The molecule has 24 heavy (non-hydrogen) atoms. The zero-order valence-corrected chi connectivity index (χ0v) is 17.2. The molecule has 2 unspecified atom stereocenters. The minimum atomic E-state index is -1.36. The Hall–Kier alpha value is -1.33. The Morgan fingerprint density at radius 1 is 0.500 bits per heavy atom. The van der Waals surface area contributed by atoms with Crippen LogP contribution >= 0.6 is 23.2 Å². The third-order valence-electron chi connectivity index (χ3n) is 4.43. The summed E-state index contributed by atoms with van der Waals surface area (Å²) in [6.45, 7) is 0. The maximum absolute atomic E-state index is 6.37. The van der Waals surface area contributed by atoms with Crippen molar-refractivity contribution in [1.82, 2.24) is 0 Å². The van der Waals surface area contributed by atoms with Crippen LogP contribution in [-0.4, -0.2) is 28.6 Å². The first-order valence-electron chi connectivity index (χ1n) is 8.15. The van der Waals surface area contributed by atoms with E-state index in [0.29, 0.717) is 11.0 Å². The fourth-order valence-electron chi connectivity index (χ4n) is 3.10. The molecule has 122 valence electrons. The summed E-state index contributed by atoms with van der Waals surface area (Å²) < 4.78 is 0. The largest absolute Gasteiger partial charge is 0.130 e. The molecule has 3 rings (SSSR count). The van der Waals surface area contributed by atoms with E-state index in [1.807, 2.05) is 0 Å². The molecule has 2 atom stereocenters. The summed E-state index contributed by atoms with van der Waals surface area (Å²) in [6, 6.07) is 30.4. The molecule has 0 saturated heterocycles. The van der Waals surface area contributed by atoms with E-state index in [4.69, 9.17) is 23.2 Å². The summed E-state index contributed by atoms with van der Waals surface area (Å²) in [5.74, 6) is 0. The second-order valence-corrected chi connectivity index (χ2v) is 13.3. The monoisotopic (exact) mass is 386 g/mol. The highest BCUT2D eigenvalue weighted by atomic mass is 35.5. The van der Waals surface area contributed by atoms with Gasteiger partial charge in [0, 0.05) is 11.0 Å². The lowest BCUT2D eigenvalue weighted by atomic mass is 10.3. The van der Waals surface area contributed by atoms with Crippen LogP contribution in [0.3, 0.4) is 0 Å². The number of hydrogen-bond acceptors (Lipinski definition) is 0. The Morgan fingerprint density at radius 2 is 0.875 bits per heavy atom. The second-order valence-electron chi connectivity index (χ2n) is 5.91. The first kappa shape index (κ1) is 17.5. The minimum absolute atomic E-state index is 0.714. The topological polar surface area (TPSA) is 0 Å². The van der Waals surface area contributed by atoms with Gasteiger partial charge < -0.3 is 0 Å². The van der Waals surface area contributed by atoms with Gasteiger partial charge in [-0.3, -0.25) is 0 Å². The Balaban J connectivity index is 1.96. The standard InChI is InChI=1S/C20H20Cl2Si2/c21-15-23(17-8-3-1-4-9-17)19-12-7-13-20(14-19)24(16-22)18-10-5-2-6-11-18/h1-14,23-24H,15-16H2. The summed E-state index contributed by atoms with van der Waals surface area (Å²) >= 11 is 12.7. The van der Waals surface area contributed by atoms with Crippen LogP contribution in [0.25, 0.3) is 0 Å². The first-order valence-corrected chi connectivity index (χ1v) is 13.2. The maximum Gasteiger partial charge on any atom is 0.117 e. The van der Waals surface area contributed by atoms with E-state index >= 15 is 0 Å². The molecule has 0 spiro atoms. The lowest BCUT2D eigenvalue weighted by molar-refractivity contribution is 1.71. The molecule has 3 aromatic carbocycles. The zero-order chi connectivity index (χ0) is 16.8. The first-order chi connectivity index (χ1) is 11.8. The molecule has 0 radical (unpaired) electrons. The molecule has 0 aliphatic heterocycles. The Bertz CT molecular complexity index is 700. The summed E-state index contributed by atoms with van der Waals surface area (Å²) in [5.41, 5.74) is 1.43. The average Bonchev–Trinajstić information content (AvgIpc) is 2.65. The van der Waals surface area contributed by atoms with Gasteiger partial charge in [-0.15, -0.1) is 23.2 Å². The van der Waals surface area contributed by atoms with E-state index in [1.165, 1.54) is 20.7 Å². The highest BCUT2D eigenvalue weighted by Gasteiger charge is 2.19. The molecule has 0 heterocycles. The van der Waals surface area contributed by atoms with E-state index in [-0.39, 0.29) is 0 Å². The van der Waals surface area contributed by atoms with Gasteiger partial charge in [-0.25, -0.2) is 0 Å². The van der Waals surface area contributed by atoms with Crippen LogP contribution in [-0.2, 0) is 0 Å². The van der Waals surface area contributed by atoms with Crippen molar-refractivity contribution >= 4 is 61.5 Å². The second kappa shape index (κ2) is 8.68. The van der Waals surface area contributed by atoms with Crippen LogP contribution < -0.4 is 20.7 Å². The molecule has 0 aliphatic rings. The molecular formula is C20H20Cl2Si2. The number of halogens is 2. The maximum atomic E-state index is 6.37. The quantitative estimate of drug-likeness (QED) is 0.448. The molecule has 0 amide bonds. The van der Waals surface area contributed by atoms with Crippen molar-refractivity contribution in [2.24, 2.45) is 0 Å². The van der Waals surface area contributed by atoms with Crippen molar-refractivity contribution in [3.05, 3.63) is 84.9 Å². The fourth-order valence-corrected chi connectivity index (χ4v) is 9.77. The molecular weight excluding hydrogens is 367 g/mol. The Labute approximate surface area is 157 Å². The number of hydrogen-bond donors (Lipinski definition) is 0. The zero-order valence-electron chi connectivity index (χ0n) is 13.4. The lowest BCUT2D eigenvalue weighted by Gasteiger charge is -2.18. The van der Waals surface area contributed by atoms with Gasteiger partial charge in [-0.2, -0.15) is 0 Å². The van der Waals surface area contributed by atoms with Crippen LogP contribution in [0.15, 0.2) is 84.9 Å². The lowest BCUT2D eigenvalue weighted by Crippen LogP contribution is -2.49. The number of rotatable bonds is 6. The molecule has 0 aromatic heterocycles. The highest BCUT2D eigenvalue weighted by Crippen LogP contribution is 1.98. The van der Waals surface area contributed by atoms with Crippen LogP contribution in [0.2, 0.25) is 0 Å². The van der Waals surface area contributed by atoms with Crippen molar-refractivity contribution in [3.63, 3.8) is 0 Å². The van der Waals surface area contributed by atoms with E-state index < -0.39 is 17.6 Å². The van der Waals surface area contributed by atoms with Gasteiger partial charge in [0.2, 0.25) is 0 Å². The van der Waals surface area contributed by atoms with Crippen molar-refractivity contribution in [2.45, 2.75) is 0 Å². The van der Waals surface area contributed by atoms with Gasteiger partial charge >= 0.3 is 0 Å². The molecule has 0 saturated carbocycles. The van der Waals surface area contributed by atoms with Gasteiger partial charge in [0.25, 0.3) is 0 Å². The van der Waals surface area contributed by atoms with E-state index in [0.717, 1.165) is 0 Å². The normalized spacial score (nSPS) is 13.4. The third-order valence-corrected chi connectivity index (χ3v) is 11.6. The van der Waals surface area contributed by atoms with Gasteiger partial charge in [0.05, 0.1) is 0 Å². The highest BCUT2D eigenvalue weighted by molar-refractivity contribution is 6.92. The van der Waals surface area contributed by atoms with Crippen LogP contribution in [0.5, 0.6) is 0 Å². The van der Waals surface area contributed by atoms with Crippen molar-refractivity contribution in [2.75, 3.05) is 11.0 Å². The molecule has 0 nitrogen and oxygen atoms in total. The molecule has 0 fully saturated rings. The Morgan fingerprint density at radius 3 is 1.25 bits per heavy atom. The SMILES string of the molecule is ClC[SiH](c1ccccc1)c1cccc([SiH](CCl)c2ccccc2)c1. The predicted molar refractivity (Wildman–Crippen MR) is 114 cm³/mol. The van der Waals surface area contributed by atoms with Crippen molar-refractivity contribution < 1.29 is 0 Å².